The molecule has 4 nitrogen and oxygen atoms in total. The van der Waals surface area contributed by atoms with E-state index in [1.165, 1.54) is 0 Å². The van der Waals surface area contributed by atoms with Crippen LogP contribution in [0.1, 0.15) is 19.8 Å². The molecule has 0 aromatic rings. The van der Waals surface area contributed by atoms with Crippen LogP contribution in [-0.4, -0.2) is 39.7 Å². The van der Waals surface area contributed by atoms with Crippen molar-refractivity contribution in [1.29, 1.82) is 0 Å². The lowest BCUT2D eigenvalue weighted by molar-refractivity contribution is 0.194. The fraction of sp³-hybridized carbons (Fsp3) is 1.00. The summed E-state index contributed by atoms with van der Waals surface area (Å²) < 4.78 is 27.8. The van der Waals surface area contributed by atoms with Crippen LogP contribution in [0.4, 0.5) is 0 Å². The number of ether oxygens (including phenoxy) is 1. The maximum atomic E-state index is 11.5. The summed E-state index contributed by atoms with van der Waals surface area (Å²) in [7, 11) is -1.39. The van der Waals surface area contributed by atoms with E-state index in [2.05, 4.69) is 0 Å². The smallest absolute Gasteiger partial charge is 0.153 e. The molecule has 0 spiro atoms. The standard InChI is InChI=1S/C8H19NO3S/c1-8(4-6-12-2)13(10,11)7-3-5-9/h8H,3-7,9H2,1-2H3. The zero-order chi connectivity index (χ0) is 10.3. The molecule has 1 atom stereocenters. The molecule has 0 aliphatic heterocycles. The van der Waals surface area contributed by atoms with Crippen LogP contribution in [0.5, 0.6) is 0 Å². The van der Waals surface area contributed by atoms with Crippen LogP contribution in [0.2, 0.25) is 0 Å². The molecule has 0 bridgehead atoms. The summed E-state index contributed by atoms with van der Waals surface area (Å²) in [6.07, 6.45) is 1.10. The number of nitrogens with two attached hydrogens (primary N) is 1. The Bertz CT molecular complexity index is 213. The Morgan fingerprint density at radius 1 is 1.46 bits per heavy atom. The molecule has 0 aromatic heterocycles. The Kier molecular flexibility index (Phi) is 6.28. The highest BCUT2D eigenvalue weighted by atomic mass is 32.2. The highest BCUT2D eigenvalue weighted by Crippen LogP contribution is 2.07. The minimum absolute atomic E-state index is 0.189. The molecule has 5 heteroatoms. The van der Waals surface area contributed by atoms with Gasteiger partial charge in [0.1, 0.15) is 0 Å². The Hall–Kier alpha value is -0.130. The molecule has 2 N–H and O–H groups in total. The van der Waals surface area contributed by atoms with Crippen molar-refractivity contribution >= 4 is 9.84 Å². The quantitative estimate of drug-likeness (QED) is 0.649. The number of sulfone groups is 1. The lowest BCUT2D eigenvalue weighted by Crippen LogP contribution is -2.23. The molecule has 0 aliphatic rings. The van der Waals surface area contributed by atoms with Gasteiger partial charge in [0, 0.05) is 13.7 Å². The molecule has 13 heavy (non-hydrogen) atoms. The van der Waals surface area contributed by atoms with Gasteiger partial charge in [-0.3, -0.25) is 0 Å². The zero-order valence-electron chi connectivity index (χ0n) is 8.32. The Balaban J connectivity index is 3.96. The third kappa shape index (κ3) is 5.23. The van der Waals surface area contributed by atoms with Gasteiger partial charge in [-0.15, -0.1) is 0 Å². The number of methoxy groups -OCH3 is 1. The zero-order valence-corrected chi connectivity index (χ0v) is 9.14. The first-order valence-electron chi connectivity index (χ1n) is 4.45. The van der Waals surface area contributed by atoms with Crippen molar-refractivity contribution in [2.45, 2.75) is 25.0 Å². The van der Waals surface area contributed by atoms with Gasteiger partial charge in [-0.1, -0.05) is 0 Å². The van der Waals surface area contributed by atoms with Crippen molar-refractivity contribution in [3.05, 3.63) is 0 Å². The fourth-order valence-electron chi connectivity index (χ4n) is 0.949. The lowest BCUT2D eigenvalue weighted by atomic mass is 10.3. The summed E-state index contributed by atoms with van der Waals surface area (Å²) in [5.74, 6) is 0.189. The molecule has 0 amide bonds. The van der Waals surface area contributed by atoms with Crippen molar-refractivity contribution in [1.82, 2.24) is 0 Å². The number of hydrogen-bond acceptors (Lipinski definition) is 4. The van der Waals surface area contributed by atoms with Crippen molar-refractivity contribution in [2.24, 2.45) is 5.73 Å². The SMILES string of the molecule is COCCC(C)S(=O)(=O)CCCN. The average Bonchev–Trinajstić information content (AvgIpc) is 2.10. The molecular weight excluding hydrogens is 190 g/mol. The summed E-state index contributed by atoms with van der Waals surface area (Å²) in [6, 6.07) is 0. The summed E-state index contributed by atoms with van der Waals surface area (Å²) in [5, 5.41) is -0.320. The van der Waals surface area contributed by atoms with Gasteiger partial charge in [0.25, 0.3) is 0 Å². The van der Waals surface area contributed by atoms with Gasteiger partial charge in [-0.2, -0.15) is 0 Å². The van der Waals surface area contributed by atoms with Gasteiger partial charge in [0.05, 0.1) is 11.0 Å². The van der Waals surface area contributed by atoms with E-state index in [-0.39, 0.29) is 11.0 Å². The van der Waals surface area contributed by atoms with E-state index in [4.69, 9.17) is 10.5 Å². The second-order valence-electron chi connectivity index (χ2n) is 3.10. The fourth-order valence-corrected chi connectivity index (χ4v) is 2.38. The van der Waals surface area contributed by atoms with Crippen molar-refractivity contribution < 1.29 is 13.2 Å². The Morgan fingerprint density at radius 3 is 2.54 bits per heavy atom. The maximum Gasteiger partial charge on any atom is 0.153 e. The monoisotopic (exact) mass is 209 g/mol. The van der Waals surface area contributed by atoms with E-state index in [1.54, 1.807) is 14.0 Å². The second kappa shape index (κ2) is 6.34. The highest BCUT2D eigenvalue weighted by molar-refractivity contribution is 7.91. The molecule has 1 unspecified atom stereocenters. The van der Waals surface area contributed by atoms with E-state index in [0.29, 0.717) is 26.0 Å². The van der Waals surface area contributed by atoms with Crippen LogP contribution in [0.3, 0.4) is 0 Å². The van der Waals surface area contributed by atoms with Gasteiger partial charge in [0.15, 0.2) is 9.84 Å². The van der Waals surface area contributed by atoms with Crippen molar-refractivity contribution in [2.75, 3.05) is 26.0 Å². The molecule has 0 saturated heterocycles. The van der Waals surface area contributed by atoms with E-state index >= 15 is 0 Å². The molecule has 0 aromatic carbocycles. The van der Waals surface area contributed by atoms with Crippen LogP contribution in [0, 0.1) is 0 Å². The van der Waals surface area contributed by atoms with Gasteiger partial charge in [-0.05, 0) is 26.3 Å². The third-order valence-electron chi connectivity index (χ3n) is 1.97. The van der Waals surface area contributed by atoms with Gasteiger partial charge in [0.2, 0.25) is 0 Å². The number of hydrogen-bond donors (Lipinski definition) is 1. The van der Waals surface area contributed by atoms with E-state index in [0.717, 1.165) is 0 Å². The first kappa shape index (κ1) is 12.9. The molecular formula is C8H19NO3S. The van der Waals surface area contributed by atoms with Gasteiger partial charge < -0.3 is 10.5 Å². The van der Waals surface area contributed by atoms with Gasteiger partial charge in [-0.25, -0.2) is 8.42 Å². The highest BCUT2D eigenvalue weighted by Gasteiger charge is 2.19. The van der Waals surface area contributed by atoms with Gasteiger partial charge >= 0.3 is 0 Å². The van der Waals surface area contributed by atoms with Crippen LogP contribution in [0.25, 0.3) is 0 Å². The topological polar surface area (TPSA) is 69.4 Å². The molecule has 80 valence electrons. The van der Waals surface area contributed by atoms with E-state index in [9.17, 15) is 8.42 Å². The van der Waals surface area contributed by atoms with Crippen LogP contribution in [-0.2, 0) is 14.6 Å². The van der Waals surface area contributed by atoms with Crippen LogP contribution in [0.15, 0.2) is 0 Å². The Morgan fingerprint density at radius 2 is 2.08 bits per heavy atom. The summed E-state index contributed by atoms with van der Waals surface area (Å²) >= 11 is 0. The van der Waals surface area contributed by atoms with Crippen LogP contribution < -0.4 is 5.73 Å². The average molecular weight is 209 g/mol. The minimum atomic E-state index is -2.95. The largest absolute Gasteiger partial charge is 0.385 e. The predicted molar refractivity (Wildman–Crippen MR) is 53.4 cm³/mol. The summed E-state index contributed by atoms with van der Waals surface area (Å²) in [6.45, 7) is 2.63. The van der Waals surface area contributed by atoms with E-state index in [1.807, 2.05) is 0 Å². The molecule has 0 fully saturated rings. The Labute approximate surface area is 80.4 Å². The molecule has 0 saturated carbocycles. The molecule has 0 aliphatic carbocycles. The third-order valence-corrected chi connectivity index (χ3v) is 4.29. The first-order valence-corrected chi connectivity index (χ1v) is 6.16. The summed E-state index contributed by atoms with van der Waals surface area (Å²) in [5.41, 5.74) is 5.25. The minimum Gasteiger partial charge on any atom is -0.385 e. The molecule has 0 radical (unpaired) electrons. The maximum absolute atomic E-state index is 11.5. The first-order chi connectivity index (χ1) is 6.04. The lowest BCUT2D eigenvalue weighted by Gasteiger charge is -2.11. The van der Waals surface area contributed by atoms with E-state index < -0.39 is 9.84 Å². The van der Waals surface area contributed by atoms with Crippen LogP contribution >= 0.6 is 0 Å². The van der Waals surface area contributed by atoms with Crippen molar-refractivity contribution in [3.63, 3.8) is 0 Å². The van der Waals surface area contributed by atoms with Crippen molar-refractivity contribution in [3.8, 4) is 0 Å². The second-order valence-corrected chi connectivity index (χ2v) is 5.64. The molecule has 0 rings (SSSR count). The normalized spacial score (nSPS) is 14.4. The summed E-state index contributed by atoms with van der Waals surface area (Å²) in [4.78, 5) is 0. The molecule has 0 heterocycles. The number of rotatable bonds is 7. The predicted octanol–water partition coefficient (Wildman–Crippen LogP) is 0.175.